The molecule has 3 N–H and O–H groups in total. The maximum absolute atomic E-state index is 11.9. The van der Waals surface area contributed by atoms with Crippen LogP contribution in [-0.2, 0) is 10.0 Å². The lowest BCUT2D eigenvalue weighted by molar-refractivity contribution is 0.581. The third kappa shape index (κ3) is 4.22. The molecule has 0 amide bonds. The van der Waals surface area contributed by atoms with Gasteiger partial charge in [-0.05, 0) is 49.1 Å². The number of hydrogen-bond acceptors (Lipinski definition) is 4. The first-order valence-electron chi connectivity index (χ1n) is 5.32. The van der Waals surface area contributed by atoms with Crippen molar-refractivity contribution < 1.29 is 8.42 Å². The van der Waals surface area contributed by atoms with Crippen molar-refractivity contribution in [2.24, 2.45) is 0 Å². The maximum atomic E-state index is 11.9. The number of aryl methyl sites for hydroxylation is 1. The lowest BCUT2D eigenvalue weighted by atomic mass is 10.2. The molecule has 0 heterocycles. The van der Waals surface area contributed by atoms with Gasteiger partial charge in [0.1, 0.15) is 0 Å². The predicted molar refractivity (Wildman–Crippen MR) is 73.8 cm³/mol. The molecule has 96 valence electrons. The standard InChI is InChI=1S/C11H18N2O2S2/c1-9-8-10(4-5-11(9)12)17(14,15)13-6-3-7-16-2/h4-5,8,13H,3,6-7,12H2,1-2H3. The van der Waals surface area contributed by atoms with Crippen molar-refractivity contribution in [3.05, 3.63) is 23.8 Å². The monoisotopic (exact) mass is 274 g/mol. The molecule has 0 aliphatic carbocycles. The molecule has 0 aliphatic rings. The van der Waals surface area contributed by atoms with Crippen molar-refractivity contribution in [1.82, 2.24) is 4.72 Å². The molecule has 0 aromatic heterocycles. The van der Waals surface area contributed by atoms with E-state index in [1.807, 2.05) is 6.26 Å². The zero-order chi connectivity index (χ0) is 12.9. The first-order chi connectivity index (χ1) is 7.97. The summed E-state index contributed by atoms with van der Waals surface area (Å²) in [6.45, 7) is 2.26. The van der Waals surface area contributed by atoms with Gasteiger partial charge in [-0.2, -0.15) is 11.8 Å². The Bertz CT molecular complexity index is 472. The summed E-state index contributed by atoms with van der Waals surface area (Å²) >= 11 is 1.70. The summed E-state index contributed by atoms with van der Waals surface area (Å²) in [7, 11) is -3.39. The number of nitrogen functional groups attached to an aromatic ring is 1. The average Bonchev–Trinajstić information content (AvgIpc) is 2.28. The average molecular weight is 274 g/mol. The van der Waals surface area contributed by atoms with Gasteiger partial charge in [0.25, 0.3) is 0 Å². The van der Waals surface area contributed by atoms with Gasteiger partial charge in [0.15, 0.2) is 0 Å². The van der Waals surface area contributed by atoms with E-state index in [1.54, 1.807) is 30.8 Å². The molecule has 0 saturated heterocycles. The lowest BCUT2D eigenvalue weighted by Crippen LogP contribution is -2.25. The largest absolute Gasteiger partial charge is 0.399 e. The molecule has 0 atom stereocenters. The molecule has 0 fully saturated rings. The Morgan fingerprint density at radius 2 is 2.12 bits per heavy atom. The third-order valence-corrected chi connectivity index (χ3v) is 4.52. The first-order valence-corrected chi connectivity index (χ1v) is 8.20. The molecular weight excluding hydrogens is 256 g/mol. The molecule has 1 aromatic rings. The molecule has 0 saturated carbocycles. The van der Waals surface area contributed by atoms with E-state index in [9.17, 15) is 8.42 Å². The minimum atomic E-state index is -3.39. The van der Waals surface area contributed by atoms with Crippen molar-refractivity contribution in [2.75, 3.05) is 24.3 Å². The minimum absolute atomic E-state index is 0.272. The third-order valence-electron chi connectivity index (χ3n) is 2.37. The van der Waals surface area contributed by atoms with Crippen molar-refractivity contribution in [1.29, 1.82) is 0 Å². The smallest absolute Gasteiger partial charge is 0.240 e. The highest BCUT2D eigenvalue weighted by molar-refractivity contribution is 7.98. The van der Waals surface area contributed by atoms with Gasteiger partial charge in [-0.3, -0.25) is 0 Å². The van der Waals surface area contributed by atoms with Crippen LogP contribution in [0.2, 0.25) is 0 Å². The molecule has 0 radical (unpaired) electrons. The predicted octanol–water partition coefficient (Wildman–Crippen LogP) is 1.61. The van der Waals surface area contributed by atoms with E-state index in [1.165, 1.54) is 6.07 Å². The molecule has 0 unspecified atom stereocenters. The Morgan fingerprint density at radius 3 is 2.71 bits per heavy atom. The number of rotatable bonds is 6. The highest BCUT2D eigenvalue weighted by Gasteiger charge is 2.13. The van der Waals surface area contributed by atoms with Crippen LogP contribution in [0.25, 0.3) is 0 Å². The van der Waals surface area contributed by atoms with Crippen LogP contribution in [0.4, 0.5) is 5.69 Å². The van der Waals surface area contributed by atoms with Gasteiger partial charge >= 0.3 is 0 Å². The molecule has 0 bridgehead atoms. The molecule has 0 spiro atoms. The van der Waals surface area contributed by atoms with Crippen LogP contribution < -0.4 is 10.5 Å². The van der Waals surface area contributed by atoms with E-state index in [2.05, 4.69) is 4.72 Å². The Balaban J connectivity index is 2.72. The number of anilines is 1. The number of sulfonamides is 1. The van der Waals surface area contributed by atoms with E-state index in [0.717, 1.165) is 17.7 Å². The summed E-state index contributed by atoms with van der Waals surface area (Å²) in [6.07, 6.45) is 2.83. The zero-order valence-corrected chi connectivity index (χ0v) is 11.7. The molecule has 6 heteroatoms. The molecule has 17 heavy (non-hydrogen) atoms. The number of nitrogens with two attached hydrogens (primary N) is 1. The second-order valence-electron chi connectivity index (χ2n) is 3.76. The fourth-order valence-corrected chi connectivity index (χ4v) is 2.91. The number of thioether (sulfide) groups is 1. The van der Waals surface area contributed by atoms with Gasteiger partial charge in [0, 0.05) is 12.2 Å². The topological polar surface area (TPSA) is 72.2 Å². The van der Waals surface area contributed by atoms with Gasteiger partial charge < -0.3 is 5.73 Å². The fraction of sp³-hybridized carbons (Fsp3) is 0.455. The molecule has 1 aromatic carbocycles. The summed E-state index contributed by atoms with van der Waals surface area (Å²) in [6, 6.07) is 4.73. The maximum Gasteiger partial charge on any atom is 0.240 e. The minimum Gasteiger partial charge on any atom is -0.399 e. The van der Waals surface area contributed by atoms with Gasteiger partial charge in [-0.25, -0.2) is 13.1 Å². The summed E-state index contributed by atoms with van der Waals surface area (Å²) in [5, 5.41) is 0. The number of nitrogens with one attached hydrogen (secondary N) is 1. The summed E-state index contributed by atoms with van der Waals surface area (Å²) < 4.78 is 26.4. The quantitative estimate of drug-likeness (QED) is 0.610. The van der Waals surface area contributed by atoms with Crippen LogP contribution in [0.15, 0.2) is 23.1 Å². The van der Waals surface area contributed by atoms with Crippen LogP contribution in [0.5, 0.6) is 0 Å². The Hall–Kier alpha value is -0.720. The van der Waals surface area contributed by atoms with E-state index in [0.29, 0.717) is 12.2 Å². The van der Waals surface area contributed by atoms with E-state index in [4.69, 9.17) is 5.73 Å². The highest BCUT2D eigenvalue weighted by Crippen LogP contribution is 2.16. The SMILES string of the molecule is CSCCCNS(=O)(=O)c1ccc(N)c(C)c1. The molecule has 1 rings (SSSR count). The highest BCUT2D eigenvalue weighted by atomic mass is 32.2. The Kier molecular flexibility index (Phi) is 5.30. The van der Waals surface area contributed by atoms with Crippen LogP contribution in [0.3, 0.4) is 0 Å². The van der Waals surface area contributed by atoms with Gasteiger partial charge in [-0.15, -0.1) is 0 Å². The van der Waals surface area contributed by atoms with E-state index >= 15 is 0 Å². The van der Waals surface area contributed by atoms with Crippen molar-refractivity contribution in [3.63, 3.8) is 0 Å². The van der Waals surface area contributed by atoms with Gasteiger partial charge in [0.05, 0.1) is 4.90 Å². The first kappa shape index (κ1) is 14.3. The lowest BCUT2D eigenvalue weighted by Gasteiger charge is -2.08. The van der Waals surface area contributed by atoms with Gasteiger partial charge in [-0.1, -0.05) is 0 Å². The summed E-state index contributed by atoms with van der Waals surface area (Å²) in [5.41, 5.74) is 7.03. The van der Waals surface area contributed by atoms with Crippen molar-refractivity contribution in [3.8, 4) is 0 Å². The number of hydrogen-bond donors (Lipinski definition) is 2. The van der Waals surface area contributed by atoms with Gasteiger partial charge in [0.2, 0.25) is 10.0 Å². The summed E-state index contributed by atoms with van der Waals surface area (Å²) in [4.78, 5) is 0.272. The van der Waals surface area contributed by atoms with E-state index < -0.39 is 10.0 Å². The second-order valence-corrected chi connectivity index (χ2v) is 6.52. The van der Waals surface area contributed by atoms with Crippen LogP contribution >= 0.6 is 11.8 Å². The normalized spacial score (nSPS) is 11.6. The zero-order valence-electron chi connectivity index (χ0n) is 10.1. The molecular formula is C11H18N2O2S2. The Labute approximate surface area is 107 Å². The van der Waals surface area contributed by atoms with Crippen LogP contribution in [0.1, 0.15) is 12.0 Å². The van der Waals surface area contributed by atoms with Crippen LogP contribution in [0, 0.1) is 6.92 Å². The molecule has 4 nitrogen and oxygen atoms in total. The second kappa shape index (κ2) is 6.28. The Morgan fingerprint density at radius 1 is 1.41 bits per heavy atom. The molecule has 0 aliphatic heterocycles. The number of benzene rings is 1. The van der Waals surface area contributed by atoms with Crippen molar-refractivity contribution >= 4 is 27.5 Å². The van der Waals surface area contributed by atoms with Crippen molar-refractivity contribution in [2.45, 2.75) is 18.2 Å². The fourth-order valence-electron chi connectivity index (χ4n) is 1.32. The van der Waals surface area contributed by atoms with E-state index in [-0.39, 0.29) is 4.90 Å². The van der Waals surface area contributed by atoms with Crippen LogP contribution in [-0.4, -0.2) is 27.0 Å². The summed E-state index contributed by atoms with van der Waals surface area (Å²) in [5.74, 6) is 0.948.